The normalized spacial score (nSPS) is 18.3. The van der Waals surface area contributed by atoms with Gasteiger partial charge in [-0.2, -0.15) is 8.51 Å². The number of nitrogens with two attached hydrogens (primary N) is 1. The Morgan fingerprint density at radius 3 is 2.54 bits per heavy atom. The third-order valence-corrected chi connectivity index (χ3v) is 6.50. The number of aliphatic hydroxyl groups excluding tert-OH is 1. The number of amides is 1. The number of benzene rings is 2. The molecule has 1 amide bonds. The van der Waals surface area contributed by atoms with Crippen molar-refractivity contribution in [1.82, 2.24) is 9.62 Å². The van der Waals surface area contributed by atoms with E-state index in [0.29, 0.717) is 44.0 Å². The number of ether oxygens (including phenoxy) is 2. The summed E-state index contributed by atoms with van der Waals surface area (Å²) in [6.45, 7) is 5.33. The van der Waals surface area contributed by atoms with Gasteiger partial charge >= 0.3 is 6.09 Å². The number of nitrogens with zero attached hydrogens (tertiary/aromatic N) is 1. The number of hydrogen-bond acceptors (Lipinski definition) is 7. The van der Waals surface area contributed by atoms with Crippen molar-refractivity contribution in [2.75, 3.05) is 32.0 Å². The summed E-state index contributed by atoms with van der Waals surface area (Å²) < 4.78 is 30.9. The van der Waals surface area contributed by atoms with Crippen LogP contribution >= 0.6 is 0 Å². The molecule has 2 aromatic rings. The molecule has 0 bridgehead atoms. The standard InChI is InChI=1S/C25H35N3O6S/c1-18(2)15-28(35(31)34-21-10-8-20(26)9-11-21)16-24(29)23(14-19-6-4-3-5-7-19)27-25(30)33-22-12-13-32-17-22/h3-11,18,22-24,29H,12-17,26H2,1-2H3,(H,27,30). The van der Waals surface area contributed by atoms with Crippen LogP contribution in [0.2, 0.25) is 0 Å². The van der Waals surface area contributed by atoms with Gasteiger partial charge in [0.05, 0.1) is 25.4 Å². The van der Waals surface area contributed by atoms with Crippen LogP contribution < -0.4 is 15.2 Å². The van der Waals surface area contributed by atoms with E-state index in [0.717, 1.165) is 5.56 Å². The maximum Gasteiger partial charge on any atom is 0.407 e. The van der Waals surface area contributed by atoms with Crippen molar-refractivity contribution in [1.29, 1.82) is 0 Å². The lowest BCUT2D eigenvalue weighted by Crippen LogP contribution is -2.51. The average molecular weight is 506 g/mol. The molecule has 0 spiro atoms. The van der Waals surface area contributed by atoms with Crippen molar-refractivity contribution in [2.24, 2.45) is 5.92 Å². The smallest absolute Gasteiger partial charge is 0.407 e. The Bertz CT molecular complexity index is 938. The van der Waals surface area contributed by atoms with E-state index < -0.39 is 29.5 Å². The lowest BCUT2D eigenvalue weighted by atomic mass is 10.0. The van der Waals surface area contributed by atoms with Gasteiger partial charge in [0, 0.05) is 25.2 Å². The highest BCUT2D eigenvalue weighted by Crippen LogP contribution is 2.17. The number of nitrogen functional groups attached to an aromatic ring is 1. The molecule has 4 atom stereocenters. The van der Waals surface area contributed by atoms with Crippen LogP contribution in [0.15, 0.2) is 54.6 Å². The fraction of sp³-hybridized carbons (Fsp3) is 0.480. The van der Waals surface area contributed by atoms with Crippen molar-refractivity contribution < 1.29 is 27.8 Å². The SMILES string of the molecule is CC(C)CN(CC(O)C(Cc1ccccc1)NC(=O)OC1CCOC1)S(=O)Oc1ccc(N)cc1. The van der Waals surface area contributed by atoms with Gasteiger partial charge in [-0.15, -0.1) is 0 Å². The molecule has 2 aromatic carbocycles. The Morgan fingerprint density at radius 2 is 1.91 bits per heavy atom. The zero-order chi connectivity index (χ0) is 25.2. The van der Waals surface area contributed by atoms with Gasteiger partial charge in [0.2, 0.25) is 0 Å². The van der Waals surface area contributed by atoms with E-state index in [1.165, 1.54) is 0 Å². The van der Waals surface area contributed by atoms with E-state index in [-0.39, 0.29) is 18.6 Å². The monoisotopic (exact) mass is 505 g/mol. The zero-order valence-corrected chi connectivity index (χ0v) is 21.0. The summed E-state index contributed by atoms with van der Waals surface area (Å²) in [6.07, 6.45) is -0.944. The molecule has 1 fully saturated rings. The molecule has 0 radical (unpaired) electrons. The summed E-state index contributed by atoms with van der Waals surface area (Å²) in [5, 5.41) is 14.0. The second-order valence-electron chi connectivity index (χ2n) is 9.01. The second kappa shape index (κ2) is 13.4. The molecular weight excluding hydrogens is 470 g/mol. The Morgan fingerprint density at radius 1 is 1.20 bits per heavy atom. The number of alkyl carbamates (subject to hydrolysis) is 1. The van der Waals surface area contributed by atoms with Gasteiger partial charge in [0.25, 0.3) is 11.3 Å². The third-order valence-electron chi connectivity index (χ3n) is 5.45. The number of hydrogen-bond donors (Lipinski definition) is 3. The van der Waals surface area contributed by atoms with Crippen molar-refractivity contribution in [2.45, 2.75) is 44.9 Å². The average Bonchev–Trinajstić information content (AvgIpc) is 3.33. The molecule has 10 heteroatoms. The highest BCUT2D eigenvalue weighted by Gasteiger charge is 2.29. The molecule has 9 nitrogen and oxygen atoms in total. The fourth-order valence-corrected chi connectivity index (χ4v) is 4.77. The van der Waals surface area contributed by atoms with Gasteiger partial charge in [-0.05, 0) is 42.2 Å². The predicted molar refractivity (Wildman–Crippen MR) is 135 cm³/mol. The van der Waals surface area contributed by atoms with Crippen molar-refractivity contribution >= 4 is 23.0 Å². The van der Waals surface area contributed by atoms with E-state index in [1.807, 2.05) is 44.2 Å². The topological polar surface area (TPSA) is 123 Å². The minimum Gasteiger partial charge on any atom is -0.444 e. The number of carbonyl (C=O) groups excluding carboxylic acids is 1. The summed E-state index contributed by atoms with van der Waals surface area (Å²) in [4.78, 5) is 12.6. The summed E-state index contributed by atoms with van der Waals surface area (Å²) in [7, 11) is 0. The second-order valence-corrected chi connectivity index (χ2v) is 10.1. The summed E-state index contributed by atoms with van der Waals surface area (Å²) in [6, 6.07) is 15.5. The minimum atomic E-state index is -1.86. The van der Waals surface area contributed by atoms with Crippen molar-refractivity contribution in [3.63, 3.8) is 0 Å². The van der Waals surface area contributed by atoms with Crippen LogP contribution in [0.25, 0.3) is 0 Å². The van der Waals surface area contributed by atoms with Crippen LogP contribution in [0.1, 0.15) is 25.8 Å². The Balaban J connectivity index is 1.70. The van der Waals surface area contributed by atoms with Crippen molar-refractivity contribution in [3.05, 3.63) is 60.2 Å². The van der Waals surface area contributed by atoms with E-state index in [9.17, 15) is 14.1 Å². The lowest BCUT2D eigenvalue weighted by molar-refractivity contribution is 0.0643. The Hall–Kier alpha value is -2.66. The van der Waals surface area contributed by atoms with Gasteiger partial charge in [-0.1, -0.05) is 44.2 Å². The molecule has 4 unspecified atom stereocenters. The molecule has 192 valence electrons. The molecule has 3 rings (SSSR count). The Kier molecular flexibility index (Phi) is 10.3. The highest BCUT2D eigenvalue weighted by atomic mass is 32.2. The maximum absolute atomic E-state index is 13.0. The number of nitrogens with one attached hydrogen (secondary N) is 1. The molecule has 1 heterocycles. The summed E-state index contributed by atoms with van der Waals surface area (Å²) in [5.41, 5.74) is 7.22. The number of carbonyl (C=O) groups is 1. The molecule has 4 N–H and O–H groups in total. The van der Waals surface area contributed by atoms with Crippen molar-refractivity contribution in [3.8, 4) is 5.75 Å². The predicted octanol–water partition coefficient (Wildman–Crippen LogP) is 2.67. The largest absolute Gasteiger partial charge is 0.444 e. The van der Waals surface area contributed by atoms with Gasteiger partial charge in [0.15, 0.2) is 0 Å². The third kappa shape index (κ3) is 9.14. The number of anilines is 1. The molecule has 0 aliphatic carbocycles. The molecule has 35 heavy (non-hydrogen) atoms. The van der Waals surface area contributed by atoms with E-state index in [2.05, 4.69) is 5.32 Å². The molecule has 1 saturated heterocycles. The number of rotatable bonds is 12. The van der Waals surface area contributed by atoms with Crippen LogP contribution in [-0.2, 0) is 27.2 Å². The van der Waals surface area contributed by atoms with Gasteiger partial charge in [0.1, 0.15) is 11.9 Å². The van der Waals surface area contributed by atoms with E-state index in [4.69, 9.17) is 19.4 Å². The van der Waals surface area contributed by atoms with Crippen LogP contribution in [0.5, 0.6) is 5.75 Å². The first-order chi connectivity index (χ1) is 16.8. The molecular formula is C25H35N3O6S. The highest BCUT2D eigenvalue weighted by molar-refractivity contribution is 7.78. The lowest BCUT2D eigenvalue weighted by Gasteiger charge is -2.29. The van der Waals surface area contributed by atoms with Gasteiger partial charge in [-0.3, -0.25) is 0 Å². The first-order valence-electron chi connectivity index (χ1n) is 11.8. The van der Waals surface area contributed by atoms with Crippen LogP contribution in [0, 0.1) is 5.92 Å². The van der Waals surface area contributed by atoms with Gasteiger partial charge < -0.3 is 29.8 Å². The molecule has 0 saturated carbocycles. The molecule has 0 aromatic heterocycles. The first kappa shape index (κ1) is 26.9. The quantitative estimate of drug-likeness (QED) is 0.379. The van der Waals surface area contributed by atoms with E-state index >= 15 is 0 Å². The minimum absolute atomic E-state index is 0.0179. The number of aliphatic hydroxyl groups is 1. The zero-order valence-electron chi connectivity index (χ0n) is 20.2. The maximum atomic E-state index is 13.0. The first-order valence-corrected chi connectivity index (χ1v) is 12.8. The van der Waals surface area contributed by atoms with Crippen LogP contribution in [0.4, 0.5) is 10.5 Å². The Labute approximate surface area is 209 Å². The van der Waals surface area contributed by atoms with E-state index in [1.54, 1.807) is 28.6 Å². The fourth-order valence-electron chi connectivity index (χ4n) is 3.69. The van der Waals surface area contributed by atoms with Crippen LogP contribution in [-0.4, -0.2) is 64.3 Å². The summed E-state index contributed by atoms with van der Waals surface area (Å²) >= 11 is -1.86. The van der Waals surface area contributed by atoms with Crippen LogP contribution in [0.3, 0.4) is 0 Å². The molecule has 1 aliphatic rings. The molecule has 1 aliphatic heterocycles. The van der Waals surface area contributed by atoms with Gasteiger partial charge in [-0.25, -0.2) is 4.79 Å². The summed E-state index contributed by atoms with van der Waals surface area (Å²) in [5.74, 6) is 0.566.